The normalized spacial score (nSPS) is 30.0. The van der Waals surface area contributed by atoms with Crippen LogP contribution >= 0.6 is 0 Å². The first-order valence-electron chi connectivity index (χ1n) is 8.78. The van der Waals surface area contributed by atoms with Gasteiger partial charge < -0.3 is 16.0 Å². The van der Waals surface area contributed by atoms with Gasteiger partial charge in [0.05, 0.1) is 0 Å². The van der Waals surface area contributed by atoms with Crippen LogP contribution in [0.2, 0.25) is 0 Å². The summed E-state index contributed by atoms with van der Waals surface area (Å²) in [5.74, 6) is 1.63. The van der Waals surface area contributed by atoms with E-state index in [1.54, 1.807) is 0 Å². The number of carbonyl (C=O) groups is 1. The number of amides is 1. The van der Waals surface area contributed by atoms with E-state index in [1.165, 1.54) is 32.4 Å². The minimum Gasteiger partial charge on any atom is -0.356 e. The van der Waals surface area contributed by atoms with Crippen molar-refractivity contribution in [3.8, 4) is 0 Å². The van der Waals surface area contributed by atoms with Gasteiger partial charge in [-0.1, -0.05) is 13.3 Å². The number of carbonyl (C=O) groups excluding carboxylic acids is 1. The zero-order valence-corrected chi connectivity index (χ0v) is 13.8. The quantitative estimate of drug-likeness (QED) is 0.815. The van der Waals surface area contributed by atoms with E-state index in [2.05, 4.69) is 24.2 Å². The van der Waals surface area contributed by atoms with E-state index < -0.39 is 0 Å². The van der Waals surface area contributed by atoms with E-state index in [-0.39, 0.29) is 11.8 Å². The minimum absolute atomic E-state index is 0.119. The molecule has 0 aromatic carbocycles. The van der Waals surface area contributed by atoms with Gasteiger partial charge in [0.15, 0.2) is 0 Å². The van der Waals surface area contributed by atoms with Crippen molar-refractivity contribution in [2.24, 2.45) is 23.5 Å². The predicted octanol–water partition coefficient (Wildman–Crippen LogP) is 1.99. The van der Waals surface area contributed by atoms with Gasteiger partial charge in [0.1, 0.15) is 0 Å². The molecule has 2 aliphatic rings. The lowest BCUT2D eigenvalue weighted by molar-refractivity contribution is -0.126. The number of piperidine rings is 1. The van der Waals surface area contributed by atoms with Gasteiger partial charge in [0.25, 0.3) is 0 Å². The fourth-order valence-electron chi connectivity index (χ4n) is 3.85. The Labute approximate surface area is 129 Å². The molecule has 4 nitrogen and oxygen atoms in total. The Balaban J connectivity index is 1.64. The van der Waals surface area contributed by atoms with E-state index in [9.17, 15) is 4.79 Å². The largest absolute Gasteiger partial charge is 0.356 e. The summed E-state index contributed by atoms with van der Waals surface area (Å²) in [4.78, 5) is 14.7. The number of nitrogens with one attached hydrogen (secondary N) is 1. The molecule has 0 bridgehead atoms. The van der Waals surface area contributed by atoms with Crippen molar-refractivity contribution in [1.82, 2.24) is 10.2 Å². The first kappa shape index (κ1) is 16.8. The third-order valence-corrected chi connectivity index (χ3v) is 5.57. The molecule has 21 heavy (non-hydrogen) atoms. The number of hydrogen-bond donors (Lipinski definition) is 2. The molecular formula is C17H33N3O. The van der Waals surface area contributed by atoms with Crippen LogP contribution in [0, 0.1) is 17.8 Å². The molecule has 1 saturated carbocycles. The van der Waals surface area contributed by atoms with Gasteiger partial charge in [-0.2, -0.15) is 0 Å². The summed E-state index contributed by atoms with van der Waals surface area (Å²) >= 11 is 0. The molecule has 3 unspecified atom stereocenters. The Bertz CT molecular complexity index is 326. The highest BCUT2D eigenvalue weighted by Gasteiger charge is 2.28. The van der Waals surface area contributed by atoms with Crippen molar-refractivity contribution in [3.05, 3.63) is 0 Å². The van der Waals surface area contributed by atoms with Crippen LogP contribution in [0.25, 0.3) is 0 Å². The average molecular weight is 295 g/mol. The van der Waals surface area contributed by atoms with Crippen molar-refractivity contribution in [2.45, 2.75) is 57.9 Å². The lowest BCUT2D eigenvalue weighted by Crippen LogP contribution is -2.39. The fraction of sp³-hybridized carbons (Fsp3) is 0.941. The lowest BCUT2D eigenvalue weighted by atomic mass is 9.78. The Kier molecular flexibility index (Phi) is 6.49. The molecule has 122 valence electrons. The lowest BCUT2D eigenvalue weighted by Gasteiger charge is -2.31. The summed E-state index contributed by atoms with van der Waals surface area (Å²) < 4.78 is 0. The highest BCUT2D eigenvalue weighted by Crippen LogP contribution is 2.29. The van der Waals surface area contributed by atoms with Crippen LogP contribution in [-0.4, -0.2) is 43.5 Å². The maximum Gasteiger partial charge on any atom is 0.223 e. The van der Waals surface area contributed by atoms with Gasteiger partial charge in [-0.15, -0.1) is 0 Å². The van der Waals surface area contributed by atoms with Gasteiger partial charge in [0, 0.05) is 18.5 Å². The number of rotatable bonds is 5. The molecule has 0 aromatic heterocycles. The topological polar surface area (TPSA) is 58.4 Å². The first-order valence-corrected chi connectivity index (χ1v) is 8.78. The number of nitrogens with zero attached hydrogens (tertiary/aromatic N) is 1. The van der Waals surface area contributed by atoms with E-state index in [4.69, 9.17) is 5.73 Å². The number of nitrogens with two attached hydrogens (primary N) is 1. The van der Waals surface area contributed by atoms with E-state index in [1.807, 2.05) is 0 Å². The van der Waals surface area contributed by atoms with Crippen molar-refractivity contribution in [2.75, 3.05) is 26.7 Å². The summed E-state index contributed by atoms with van der Waals surface area (Å²) in [7, 11) is 2.19. The Morgan fingerprint density at radius 3 is 2.67 bits per heavy atom. The van der Waals surface area contributed by atoms with Crippen molar-refractivity contribution < 1.29 is 4.79 Å². The Morgan fingerprint density at radius 1 is 1.29 bits per heavy atom. The maximum atomic E-state index is 12.3. The summed E-state index contributed by atoms with van der Waals surface area (Å²) in [5.41, 5.74) is 6.04. The molecule has 4 heteroatoms. The zero-order valence-electron chi connectivity index (χ0n) is 13.8. The van der Waals surface area contributed by atoms with Crippen LogP contribution < -0.4 is 11.1 Å². The van der Waals surface area contributed by atoms with Crippen LogP contribution in [0.4, 0.5) is 0 Å². The molecule has 0 spiro atoms. The molecule has 2 fully saturated rings. The molecule has 0 aromatic rings. The Morgan fingerprint density at radius 2 is 2.00 bits per heavy atom. The predicted molar refractivity (Wildman–Crippen MR) is 86.9 cm³/mol. The average Bonchev–Trinajstić information content (AvgIpc) is 2.48. The molecule has 3 N–H and O–H groups in total. The van der Waals surface area contributed by atoms with Crippen molar-refractivity contribution in [1.29, 1.82) is 0 Å². The van der Waals surface area contributed by atoms with Gasteiger partial charge in [-0.3, -0.25) is 4.79 Å². The molecule has 3 atom stereocenters. The van der Waals surface area contributed by atoms with Crippen molar-refractivity contribution >= 4 is 5.91 Å². The summed E-state index contributed by atoms with van der Waals surface area (Å²) in [6.07, 6.45) is 8.18. The molecule has 0 radical (unpaired) electrons. The fourth-order valence-corrected chi connectivity index (χ4v) is 3.85. The molecule has 1 aliphatic heterocycles. The van der Waals surface area contributed by atoms with E-state index in [0.29, 0.717) is 12.0 Å². The van der Waals surface area contributed by atoms with Crippen LogP contribution in [0.1, 0.15) is 51.9 Å². The van der Waals surface area contributed by atoms with Crippen LogP contribution in [0.15, 0.2) is 0 Å². The Hall–Kier alpha value is -0.610. The van der Waals surface area contributed by atoms with Gasteiger partial charge in [-0.25, -0.2) is 0 Å². The van der Waals surface area contributed by atoms with E-state index in [0.717, 1.165) is 38.1 Å². The summed E-state index contributed by atoms with van der Waals surface area (Å²) in [6.45, 7) is 5.33. The van der Waals surface area contributed by atoms with Crippen LogP contribution in [0.3, 0.4) is 0 Å². The highest BCUT2D eigenvalue weighted by molar-refractivity contribution is 5.78. The van der Waals surface area contributed by atoms with Crippen LogP contribution in [-0.2, 0) is 4.79 Å². The molecule has 1 saturated heterocycles. The van der Waals surface area contributed by atoms with Crippen molar-refractivity contribution in [3.63, 3.8) is 0 Å². The van der Waals surface area contributed by atoms with Gasteiger partial charge in [0.2, 0.25) is 5.91 Å². The molecular weight excluding hydrogens is 262 g/mol. The standard InChI is InChI=1S/C17H33N3O/c1-13(15-4-3-5-16(18)12-15)17(21)19-9-6-14-7-10-20(2)11-8-14/h13-16H,3-12,18H2,1-2H3,(H,19,21). The SMILES string of the molecule is CC(C(=O)NCCC1CCN(C)CC1)C1CCCC(N)C1. The van der Waals surface area contributed by atoms with E-state index >= 15 is 0 Å². The third kappa shape index (κ3) is 5.26. The summed E-state index contributed by atoms with van der Waals surface area (Å²) in [6, 6.07) is 0.304. The second kappa shape index (κ2) is 8.14. The third-order valence-electron chi connectivity index (χ3n) is 5.57. The number of hydrogen-bond acceptors (Lipinski definition) is 3. The second-order valence-corrected chi connectivity index (χ2v) is 7.30. The smallest absolute Gasteiger partial charge is 0.223 e. The molecule has 2 rings (SSSR count). The molecule has 1 amide bonds. The first-order chi connectivity index (χ1) is 10.1. The maximum absolute atomic E-state index is 12.3. The summed E-state index contributed by atoms with van der Waals surface area (Å²) in [5, 5.41) is 3.16. The molecule has 1 heterocycles. The van der Waals surface area contributed by atoms with Gasteiger partial charge in [-0.05, 0) is 70.5 Å². The zero-order chi connectivity index (χ0) is 15.2. The molecule has 1 aliphatic carbocycles. The second-order valence-electron chi connectivity index (χ2n) is 7.30. The minimum atomic E-state index is 0.119. The van der Waals surface area contributed by atoms with Crippen LogP contribution in [0.5, 0.6) is 0 Å². The highest BCUT2D eigenvalue weighted by atomic mass is 16.1. The van der Waals surface area contributed by atoms with Gasteiger partial charge >= 0.3 is 0 Å². The number of likely N-dealkylation sites (tertiary alicyclic amines) is 1. The monoisotopic (exact) mass is 295 g/mol.